The highest BCUT2D eigenvalue weighted by molar-refractivity contribution is 5.49. The summed E-state index contributed by atoms with van der Waals surface area (Å²) in [5.41, 5.74) is 0. The van der Waals surface area contributed by atoms with Crippen LogP contribution in [0.1, 0.15) is 0 Å². The van der Waals surface area contributed by atoms with Crippen molar-refractivity contribution in [1.29, 1.82) is 0 Å². The monoisotopic (exact) mass is 830 g/mol. The molecular weight excluding hydrogens is 772 g/mol. The SMILES string of the molecule is COCN(COC)c1nc(N(COC)COCC2CO2)nc(N(COC)CN(COC)c2nc(N(COC)COCC3CO3)nc(N(COC)COCC3CO3)n2)n1. The Morgan fingerprint density at radius 2 is 0.569 bits per heavy atom. The third-order valence-corrected chi connectivity index (χ3v) is 8.09. The molecule has 0 amide bonds. The molecule has 3 aliphatic heterocycles. The van der Waals surface area contributed by atoms with Gasteiger partial charge in [-0.15, -0.1) is 0 Å². The molecule has 58 heavy (non-hydrogen) atoms. The van der Waals surface area contributed by atoms with Crippen LogP contribution in [0.2, 0.25) is 0 Å². The summed E-state index contributed by atoms with van der Waals surface area (Å²) in [6, 6.07) is 0. The predicted octanol–water partition coefficient (Wildman–Crippen LogP) is -1.10. The maximum Gasteiger partial charge on any atom is 0.235 e. The van der Waals surface area contributed by atoms with Gasteiger partial charge in [-0.3, -0.25) is 29.4 Å². The summed E-state index contributed by atoms with van der Waals surface area (Å²) in [5, 5.41) is 0. The highest BCUT2D eigenvalue weighted by Gasteiger charge is 2.29. The van der Waals surface area contributed by atoms with E-state index in [0.717, 1.165) is 0 Å². The molecule has 3 unspecified atom stereocenters. The van der Waals surface area contributed by atoms with E-state index in [0.29, 0.717) is 39.6 Å². The first-order valence-corrected chi connectivity index (χ1v) is 18.5. The molecule has 0 aliphatic carbocycles. The number of epoxide rings is 3. The van der Waals surface area contributed by atoms with Crippen LogP contribution in [0.4, 0.5) is 35.7 Å². The zero-order valence-electron chi connectivity index (χ0n) is 34.4. The fourth-order valence-electron chi connectivity index (χ4n) is 5.14. The number of methoxy groups -OCH3 is 7. The van der Waals surface area contributed by atoms with Crippen molar-refractivity contribution in [3.8, 4) is 0 Å². The van der Waals surface area contributed by atoms with E-state index < -0.39 is 0 Å². The molecule has 3 atom stereocenters. The predicted molar refractivity (Wildman–Crippen MR) is 204 cm³/mol. The van der Waals surface area contributed by atoms with E-state index >= 15 is 0 Å². The van der Waals surface area contributed by atoms with Crippen LogP contribution in [0.25, 0.3) is 0 Å². The van der Waals surface area contributed by atoms with Gasteiger partial charge in [0.15, 0.2) is 0 Å². The zero-order chi connectivity index (χ0) is 41.1. The Morgan fingerprint density at radius 3 is 0.793 bits per heavy atom. The highest BCUT2D eigenvalue weighted by Crippen LogP contribution is 2.24. The van der Waals surface area contributed by atoms with Gasteiger partial charge in [0, 0.05) is 49.8 Å². The van der Waals surface area contributed by atoms with Crippen LogP contribution in [0.3, 0.4) is 0 Å². The summed E-state index contributed by atoms with van der Waals surface area (Å²) >= 11 is 0. The fraction of sp³-hybridized carbons (Fsp3) is 0.818. The average Bonchev–Trinajstić information content (AvgIpc) is 4.07. The molecule has 0 aromatic carbocycles. The molecule has 3 aliphatic rings. The lowest BCUT2D eigenvalue weighted by atomic mass is 10.5. The topological polar surface area (TPSA) is 227 Å². The number of rotatable bonds is 34. The highest BCUT2D eigenvalue weighted by atomic mass is 16.6. The summed E-state index contributed by atoms with van der Waals surface area (Å²) in [6.45, 7) is 4.23. The maximum absolute atomic E-state index is 5.94. The van der Waals surface area contributed by atoms with E-state index in [1.807, 2.05) is 0 Å². The van der Waals surface area contributed by atoms with Crippen LogP contribution in [0, 0.1) is 0 Å². The van der Waals surface area contributed by atoms with Crippen molar-refractivity contribution in [2.45, 2.75) is 18.3 Å². The van der Waals surface area contributed by atoms with Crippen molar-refractivity contribution in [3.63, 3.8) is 0 Å². The molecule has 0 bridgehead atoms. The quantitative estimate of drug-likeness (QED) is 0.0602. The molecule has 3 fully saturated rings. The maximum atomic E-state index is 5.94. The molecule has 25 heteroatoms. The molecule has 0 N–H and O–H groups in total. The second-order valence-corrected chi connectivity index (χ2v) is 13.1. The minimum Gasteiger partial charge on any atom is -0.371 e. The van der Waals surface area contributed by atoms with Gasteiger partial charge in [0.05, 0.1) is 39.6 Å². The van der Waals surface area contributed by atoms with Crippen molar-refractivity contribution < 1.29 is 61.6 Å². The van der Waals surface area contributed by atoms with E-state index in [4.69, 9.17) is 91.5 Å². The van der Waals surface area contributed by atoms with Crippen LogP contribution < -0.4 is 29.4 Å². The Labute approximate surface area is 338 Å². The Balaban J connectivity index is 1.52. The lowest BCUT2D eigenvalue weighted by molar-refractivity contribution is 0.0904. The first-order valence-electron chi connectivity index (χ1n) is 18.5. The molecule has 5 rings (SSSR count). The van der Waals surface area contributed by atoms with Gasteiger partial charge < -0.3 is 61.6 Å². The minimum absolute atomic E-state index is 0.0276. The lowest BCUT2D eigenvalue weighted by Crippen LogP contribution is -2.43. The second-order valence-electron chi connectivity index (χ2n) is 13.1. The van der Waals surface area contributed by atoms with Gasteiger partial charge in [-0.2, -0.15) is 29.9 Å². The Hall–Kier alpha value is -3.70. The molecule has 328 valence electrons. The van der Waals surface area contributed by atoms with Crippen LogP contribution in [-0.4, -0.2) is 212 Å². The molecule has 0 radical (unpaired) electrons. The Morgan fingerprint density at radius 1 is 0.362 bits per heavy atom. The minimum atomic E-state index is 0.0276. The van der Waals surface area contributed by atoms with Crippen LogP contribution in [-0.2, 0) is 61.6 Å². The zero-order valence-corrected chi connectivity index (χ0v) is 34.4. The summed E-state index contributed by atoms with van der Waals surface area (Å²) in [6.07, 6.45) is 0.175. The van der Waals surface area contributed by atoms with E-state index in [1.54, 1.807) is 79.2 Å². The Kier molecular flexibility index (Phi) is 19.1. The van der Waals surface area contributed by atoms with Crippen molar-refractivity contribution >= 4 is 35.7 Å². The number of anilines is 6. The van der Waals surface area contributed by atoms with Crippen molar-refractivity contribution in [2.75, 3.05) is 193 Å². The van der Waals surface area contributed by atoms with Crippen LogP contribution in [0.5, 0.6) is 0 Å². The van der Waals surface area contributed by atoms with Gasteiger partial charge in [0.1, 0.15) is 92.3 Å². The molecule has 2 aromatic heterocycles. The number of hydrogen-bond donors (Lipinski definition) is 0. The van der Waals surface area contributed by atoms with E-state index in [2.05, 4.69) is 0 Å². The van der Waals surface area contributed by atoms with Crippen LogP contribution >= 0.6 is 0 Å². The van der Waals surface area contributed by atoms with Gasteiger partial charge in [0.2, 0.25) is 35.7 Å². The van der Waals surface area contributed by atoms with Gasteiger partial charge >= 0.3 is 0 Å². The normalized spacial score (nSPS) is 17.9. The summed E-state index contributed by atoms with van der Waals surface area (Å²) in [7, 11) is 11.0. The van der Waals surface area contributed by atoms with Gasteiger partial charge in [-0.1, -0.05) is 0 Å². The molecule has 25 nitrogen and oxygen atoms in total. The summed E-state index contributed by atoms with van der Waals surface area (Å²) in [5.74, 6) is 1.51. The standard InChI is InChI=1S/C33H58N12O13/c1-46-15-40(28-34-30(42(17-48-3)18-49-4)38-31(35-28)43(19-50-5)22-53-8-25-11-56-25)14-41(16-47-2)29-36-32(44(20-51-6)23-54-9-26-12-57-26)39-33(37-29)45(21-52-7)24-55-10-27-13-58-27/h25-27H,8-24H2,1-7H3. The van der Waals surface area contributed by atoms with Crippen molar-refractivity contribution in [1.82, 2.24) is 29.9 Å². The van der Waals surface area contributed by atoms with Gasteiger partial charge in [-0.05, 0) is 0 Å². The van der Waals surface area contributed by atoms with Crippen molar-refractivity contribution in [3.05, 3.63) is 0 Å². The van der Waals surface area contributed by atoms with Gasteiger partial charge in [-0.25, -0.2) is 0 Å². The average molecular weight is 831 g/mol. The molecular formula is C33H58N12O13. The number of nitrogens with zero attached hydrogens (tertiary/aromatic N) is 12. The van der Waals surface area contributed by atoms with E-state index in [1.165, 1.54) is 0 Å². The molecule has 5 heterocycles. The lowest BCUT2D eigenvalue weighted by Gasteiger charge is -2.32. The fourth-order valence-corrected chi connectivity index (χ4v) is 5.14. The third-order valence-electron chi connectivity index (χ3n) is 8.09. The van der Waals surface area contributed by atoms with E-state index in [9.17, 15) is 0 Å². The first kappa shape index (κ1) is 45.4. The number of ether oxygens (including phenoxy) is 13. The number of hydrogen-bond acceptors (Lipinski definition) is 25. The Bertz CT molecular complexity index is 1420. The molecule has 0 spiro atoms. The third kappa shape index (κ3) is 14.8. The first-order chi connectivity index (χ1) is 28.4. The summed E-state index contributed by atoms with van der Waals surface area (Å²) < 4.78 is 72.7. The molecule has 0 saturated carbocycles. The smallest absolute Gasteiger partial charge is 0.235 e. The van der Waals surface area contributed by atoms with Crippen LogP contribution in [0.15, 0.2) is 0 Å². The second kappa shape index (κ2) is 24.4. The summed E-state index contributed by atoms with van der Waals surface area (Å²) in [4.78, 5) is 39.5. The van der Waals surface area contributed by atoms with E-state index in [-0.39, 0.29) is 128 Å². The molecule has 2 aromatic rings. The molecule has 3 saturated heterocycles. The number of aromatic nitrogens is 6. The largest absolute Gasteiger partial charge is 0.371 e. The van der Waals surface area contributed by atoms with Gasteiger partial charge in [0.25, 0.3) is 0 Å². The van der Waals surface area contributed by atoms with Crippen molar-refractivity contribution in [2.24, 2.45) is 0 Å².